The van der Waals surface area contributed by atoms with Crippen LogP contribution in [-0.4, -0.2) is 212 Å². The van der Waals surface area contributed by atoms with E-state index in [1.165, 1.54) is 45.2 Å². The number of fused-ring (bicyclic) bond motifs is 16. The summed E-state index contributed by atoms with van der Waals surface area (Å²) in [7, 11) is -2.44. The number of carbonyl (C=O) groups excluding carboxylic acids is 7. The van der Waals surface area contributed by atoms with Gasteiger partial charge >= 0.3 is 5.97 Å². The fourth-order valence-corrected chi connectivity index (χ4v) is 16.9. The van der Waals surface area contributed by atoms with Crippen LogP contribution in [-0.2, 0) is 69.1 Å². The van der Waals surface area contributed by atoms with Crippen molar-refractivity contribution in [3.8, 4) is 62.9 Å². The molecular formula is C83H102ClN11O27S. The highest BCUT2D eigenvalue weighted by Gasteiger charge is 2.54. The Kier molecular flexibility index (Phi) is 28.8. The molecule has 6 aromatic carbocycles. The highest BCUT2D eigenvalue weighted by atomic mass is 35.5. The third-order valence-electron chi connectivity index (χ3n) is 22.3. The number of aliphatic hydroxyl groups excluding tert-OH is 6. The van der Waals surface area contributed by atoms with Crippen molar-refractivity contribution in [2.24, 2.45) is 17.4 Å². The summed E-state index contributed by atoms with van der Waals surface area (Å²) >= 11 is 7.14. The van der Waals surface area contributed by atoms with Crippen molar-refractivity contribution >= 4 is 68.9 Å². The summed E-state index contributed by atoms with van der Waals surface area (Å²) in [4.78, 5) is 120. The largest absolute Gasteiger partial charge is 0.507 e. The van der Waals surface area contributed by atoms with E-state index in [4.69, 9.17) is 56.2 Å². The molecule has 2 fully saturated rings. The molecule has 8 aliphatic heterocycles. The number of carbonyl (C=O) groups is 8. The van der Waals surface area contributed by atoms with Gasteiger partial charge in [-0.25, -0.2) is 17.9 Å². The number of sulfonamides is 1. The molecule has 0 saturated carbocycles. The lowest BCUT2D eigenvalue weighted by Crippen LogP contribution is -2.64. The normalized spacial score (nSPS) is 27.3. The number of carboxylic acids is 1. The van der Waals surface area contributed by atoms with Crippen LogP contribution >= 0.6 is 11.6 Å². The third kappa shape index (κ3) is 20.4. The fourth-order valence-electron chi connectivity index (χ4n) is 15.6. The van der Waals surface area contributed by atoms with Crippen LogP contribution in [0.15, 0.2) is 102 Å². The number of nitrogens with two attached hydrogens (primary N) is 2. The van der Waals surface area contributed by atoms with Crippen LogP contribution in [0.4, 0.5) is 0 Å². The predicted octanol–water partition coefficient (Wildman–Crippen LogP) is 2.31. The molecule has 8 heterocycles. The number of ether oxygens (including phenoxy) is 7. The van der Waals surface area contributed by atoms with E-state index in [0.717, 1.165) is 79.9 Å². The van der Waals surface area contributed by atoms with Crippen LogP contribution in [0.25, 0.3) is 11.1 Å². The number of aromatic hydroxyl groups is 3. The van der Waals surface area contributed by atoms with Gasteiger partial charge in [0.25, 0.3) is 0 Å². The average molecular weight is 1750 g/mol. The van der Waals surface area contributed by atoms with Gasteiger partial charge in [0.15, 0.2) is 29.9 Å². The zero-order chi connectivity index (χ0) is 89.0. The molecule has 7 amide bonds. The Hall–Kier alpha value is -10.6. The summed E-state index contributed by atoms with van der Waals surface area (Å²) in [5.74, 6) is -15.8. The van der Waals surface area contributed by atoms with E-state index < -0.39 is 252 Å². The van der Waals surface area contributed by atoms with Crippen LogP contribution in [0.5, 0.6) is 51.7 Å². The zero-order valence-electron chi connectivity index (χ0n) is 67.8. The Morgan fingerprint density at radius 3 is 2.02 bits per heavy atom. The molecule has 0 spiro atoms. The number of hydrogen-bond acceptors (Lipinski definition) is 29. The van der Waals surface area contributed by atoms with Crippen molar-refractivity contribution in [2.75, 3.05) is 26.7 Å². The van der Waals surface area contributed by atoms with E-state index in [0.29, 0.717) is 31.6 Å². The lowest BCUT2D eigenvalue weighted by Gasteiger charge is -2.48. The smallest absolute Gasteiger partial charge is 0.330 e. The van der Waals surface area contributed by atoms with Gasteiger partial charge in [-0.2, -0.15) is 0 Å². The Morgan fingerprint density at radius 1 is 0.691 bits per heavy atom. The topological polar surface area (TPSA) is 598 Å². The quantitative estimate of drug-likeness (QED) is 0.0366. The first kappa shape index (κ1) is 91.6. The van der Waals surface area contributed by atoms with Gasteiger partial charge in [-0.3, -0.25) is 33.6 Å². The summed E-state index contributed by atoms with van der Waals surface area (Å²) in [5, 5.41) is 142. The van der Waals surface area contributed by atoms with Crippen molar-refractivity contribution in [3.05, 3.63) is 141 Å². The average Bonchev–Trinajstić information content (AvgIpc) is 0.750. The predicted molar refractivity (Wildman–Crippen MR) is 434 cm³/mol. The second-order valence-electron chi connectivity index (χ2n) is 31.9. The number of carboxylic acid groups (broad SMARTS) is 1. The number of phenols is 3. The van der Waals surface area contributed by atoms with Gasteiger partial charge in [-0.1, -0.05) is 69.8 Å². The number of phenolic OH excluding ortho intramolecular Hbond substituents is 3. The standard InChI is InChI=1S/C83H102ClN11O27S/c1-7-8-12-25-116-42-16-18-43(19-17-42)123(114,115)89-24-11-9-10-23-88-35-47-52(97)32-46-59(67(47)101)44-27-38(13-20-51(44)96)60-77(108)95-64(80(111)93-62(46)81(112)113)66(100)40-15-22-54(48(84)29-40)119-56-31-41-30-55-71(56)121-82-73(120-58-34-83(5,86)74(105)37(4)117-58)70(104)69(103)72(122-82)68(102)45-28-39(14-21-53(45)118-55)65(99)63(94-75(106)49(87-6)26-36(2)3)79(110)90-50(33-57(85)98)76(107)91-61(41)78(109)92-60/h13-22,27-32,36-37,49-50,58,60-66,68-70,72-74,82,87-89,96-97,99-105H,7-12,23-26,33-35,86H2,1-6H3,(H2,85,98)(H,90,110)(H,91,107)(H,92,109)(H,93,111)(H,94,106)(H,95,108)(H,112,113)/t37-,49+,50-,58-,60+,61+,62-,63+,64-,65+,66+,68?,69-,70-,72+,73+,74+,82+,83-/m0/s1. The fraction of sp³-hybridized carbons (Fsp3) is 0.470. The number of likely N-dealkylation sites (N-methyl/N-ethyl adjacent to an activating group) is 1. The molecule has 0 aliphatic carbocycles. The van der Waals surface area contributed by atoms with Crippen molar-refractivity contribution in [1.29, 1.82) is 0 Å². The minimum Gasteiger partial charge on any atom is -0.507 e. The maximum Gasteiger partial charge on any atom is 0.330 e. The van der Waals surface area contributed by atoms with E-state index in [1.54, 1.807) is 26.0 Å². The summed E-state index contributed by atoms with van der Waals surface area (Å²) in [6, 6.07) is 4.24. The molecule has 0 radical (unpaired) electrons. The molecule has 123 heavy (non-hydrogen) atoms. The Labute approximate surface area is 711 Å². The zero-order valence-corrected chi connectivity index (χ0v) is 69.3. The first-order valence-corrected chi connectivity index (χ1v) is 42.0. The highest BCUT2D eigenvalue weighted by molar-refractivity contribution is 7.89. The highest BCUT2D eigenvalue weighted by Crippen LogP contribution is 2.52. The molecule has 38 nitrogen and oxygen atoms in total. The molecule has 14 rings (SSSR count). The monoisotopic (exact) mass is 1750 g/mol. The minimum atomic E-state index is -3.90. The Bertz CT molecular complexity index is 5090. The molecule has 40 heteroatoms. The first-order valence-electron chi connectivity index (χ1n) is 40.2. The number of unbranched alkanes of at least 4 members (excludes halogenated alkanes) is 4. The number of hydrogen-bond donors (Lipinski definition) is 21. The lowest BCUT2D eigenvalue weighted by atomic mass is 9.86. The molecule has 14 bridgehead atoms. The van der Waals surface area contributed by atoms with E-state index in [-0.39, 0.29) is 71.3 Å². The first-order chi connectivity index (χ1) is 58.4. The van der Waals surface area contributed by atoms with Crippen molar-refractivity contribution in [2.45, 2.75) is 219 Å². The Balaban J connectivity index is 0.988. The van der Waals surface area contributed by atoms with E-state index >= 15 is 24.0 Å². The van der Waals surface area contributed by atoms with Crippen LogP contribution in [0, 0.1) is 5.92 Å². The second-order valence-corrected chi connectivity index (χ2v) is 34.1. The lowest BCUT2D eigenvalue weighted by molar-refractivity contribution is -0.339. The molecule has 19 atom stereocenters. The maximum atomic E-state index is 16.4. The molecule has 0 aromatic heterocycles. The van der Waals surface area contributed by atoms with Gasteiger partial charge < -0.3 is 138 Å². The van der Waals surface area contributed by atoms with Gasteiger partial charge in [0.05, 0.1) is 46.8 Å². The molecule has 6 aromatic rings. The van der Waals surface area contributed by atoms with Gasteiger partial charge in [0.1, 0.15) is 101 Å². The number of amides is 7. The van der Waals surface area contributed by atoms with Gasteiger partial charge in [-0.15, -0.1) is 0 Å². The number of nitrogens with one attached hydrogen (secondary N) is 9. The molecule has 1 unspecified atom stereocenters. The van der Waals surface area contributed by atoms with Crippen molar-refractivity contribution in [1.82, 2.24) is 47.3 Å². The number of primary amides is 1. The minimum absolute atomic E-state index is 0.0364. The van der Waals surface area contributed by atoms with Gasteiger partial charge in [-0.05, 0) is 160 Å². The Morgan fingerprint density at radius 2 is 1.35 bits per heavy atom. The molecule has 23 N–H and O–H groups in total. The second kappa shape index (κ2) is 38.7. The van der Waals surface area contributed by atoms with E-state index in [1.807, 2.05) is 0 Å². The number of benzene rings is 6. The number of halogens is 1. The SMILES string of the molecule is CCCCCOc1ccc(S(=O)(=O)NCCCCCNCc2c(O)cc3c(c2O)-c2cc(ccc2O)[C@H]2NC(=O)[C@@H]4NC(=O)[C@H](CC(N)=O)NC(=O)[C@H](NC(=O)[C@@H](CC(C)C)NC)[C@H](O)c5ccc6c(c5)C(O)[C@H]5O[C@@H](Oc7c(cc4cc7O6)Oc4ccc(cc4Cl)[C@@H](O)[C@H](NC2=O)C(=O)N[C@@H]3C(=O)O)[C@H](O[C@H]2C[C@](C)(N)[C@H](O)[C@H](C)O2)[C@@H](O)[C@@H]5O)cc1. The van der Waals surface area contributed by atoms with Crippen molar-refractivity contribution in [3.63, 3.8) is 0 Å². The summed E-state index contributed by atoms with van der Waals surface area (Å²) < 4.78 is 73.8. The van der Waals surface area contributed by atoms with Crippen LogP contribution < -0.4 is 77.7 Å². The van der Waals surface area contributed by atoms with E-state index in [2.05, 4.69) is 54.2 Å². The summed E-state index contributed by atoms with van der Waals surface area (Å²) in [6.07, 6.45) is -17.8. The third-order valence-corrected chi connectivity index (χ3v) is 24.1. The van der Waals surface area contributed by atoms with Crippen LogP contribution in [0.1, 0.15) is 168 Å². The van der Waals surface area contributed by atoms with Gasteiger partial charge in [0.2, 0.25) is 63.4 Å². The molecule has 8 aliphatic rings. The molecule has 2 saturated heterocycles. The summed E-state index contributed by atoms with van der Waals surface area (Å²) in [6.45, 7) is 9.02. The number of rotatable bonds is 25. The van der Waals surface area contributed by atoms with Crippen LogP contribution in [0.2, 0.25) is 5.02 Å². The number of aliphatic hydroxyl groups is 6. The molecular weight excluding hydrogens is 1650 g/mol. The van der Waals surface area contributed by atoms with Gasteiger partial charge in [0, 0.05) is 47.3 Å². The van der Waals surface area contributed by atoms with Crippen LogP contribution in [0.3, 0.4) is 0 Å². The summed E-state index contributed by atoms with van der Waals surface area (Å²) in [5.41, 5.74) is 7.14. The molecule has 664 valence electrons. The number of aliphatic carboxylic acids is 1. The maximum absolute atomic E-state index is 16.4. The van der Waals surface area contributed by atoms with Crippen molar-refractivity contribution < 1.29 is 131 Å². The van der Waals surface area contributed by atoms with E-state index in [9.17, 15) is 73.9 Å².